The number of aryl methyl sites for hydroxylation is 1. The van der Waals surface area contributed by atoms with Crippen LogP contribution in [0.3, 0.4) is 0 Å². The first-order valence-electron chi connectivity index (χ1n) is 7.98. The molecule has 0 bridgehead atoms. The first kappa shape index (κ1) is 15.1. The van der Waals surface area contributed by atoms with E-state index >= 15 is 0 Å². The van der Waals surface area contributed by atoms with E-state index in [9.17, 15) is 4.79 Å². The summed E-state index contributed by atoms with van der Waals surface area (Å²) in [4.78, 5) is 18.3. The van der Waals surface area contributed by atoms with Gasteiger partial charge in [0.2, 0.25) is 5.95 Å². The van der Waals surface area contributed by atoms with Crippen molar-refractivity contribution in [1.82, 2.24) is 9.97 Å². The molecular weight excluding hydrogens is 312 g/mol. The van der Waals surface area contributed by atoms with Crippen molar-refractivity contribution in [3.8, 4) is 0 Å². The van der Waals surface area contributed by atoms with Gasteiger partial charge in [-0.25, -0.2) is 10.4 Å². The Morgan fingerprint density at radius 2 is 1.64 bits per heavy atom. The normalized spacial score (nSPS) is 11.4. The number of fused-ring (bicyclic) bond motifs is 2. The highest BCUT2D eigenvalue weighted by Gasteiger charge is 2.05. The predicted molar refractivity (Wildman–Crippen MR) is 102 cm³/mol. The molecule has 0 fully saturated rings. The van der Waals surface area contributed by atoms with Crippen molar-refractivity contribution in [2.75, 3.05) is 5.43 Å². The molecule has 0 radical (unpaired) electrons. The van der Waals surface area contributed by atoms with Gasteiger partial charge in [-0.3, -0.25) is 9.78 Å². The van der Waals surface area contributed by atoms with Crippen molar-refractivity contribution in [2.24, 2.45) is 5.10 Å². The van der Waals surface area contributed by atoms with E-state index in [1.165, 1.54) is 6.07 Å². The maximum atomic E-state index is 11.5. The average Bonchev–Trinajstić information content (AvgIpc) is 2.60. The standard InChI is InChI=1S/C20H16N4O/c1-13-10-19(25)23-20(22-13)24-21-12-18-16-8-4-2-6-14(16)11-15-7-3-5-9-17(15)18/h2-12H,1H3,(H2,22,23,24,25). The molecule has 0 saturated heterocycles. The highest BCUT2D eigenvalue weighted by atomic mass is 16.1. The number of benzene rings is 3. The molecule has 0 aliphatic heterocycles. The highest BCUT2D eigenvalue weighted by Crippen LogP contribution is 2.27. The van der Waals surface area contributed by atoms with Crippen LogP contribution in [0.5, 0.6) is 0 Å². The molecule has 1 heterocycles. The molecule has 0 atom stereocenters. The van der Waals surface area contributed by atoms with Crippen LogP contribution in [-0.2, 0) is 0 Å². The van der Waals surface area contributed by atoms with Crippen molar-refractivity contribution >= 4 is 33.7 Å². The monoisotopic (exact) mass is 328 g/mol. The second-order valence-electron chi connectivity index (χ2n) is 5.84. The summed E-state index contributed by atoms with van der Waals surface area (Å²) in [6, 6.07) is 20.0. The van der Waals surface area contributed by atoms with Gasteiger partial charge in [0.1, 0.15) is 0 Å². The summed E-state index contributed by atoms with van der Waals surface area (Å²) in [5, 5.41) is 8.85. The minimum absolute atomic E-state index is 0.208. The topological polar surface area (TPSA) is 70.1 Å². The Labute approximate surface area is 144 Å². The number of aromatic nitrogens is 2. The van der Waals surface area contributed by atoms with Gasteiger partial charge in [-0.05, 0) is 34.5 Å². The minimum Gasteiger partial charge on any atom is -0.291 e. The van der Waals surface area contributed by atoms with Crippen LogP contribution in [0.4, 0.5) is 5.95 Å². The van der Waals surface area contributed by atoms with E-state index < -0.39 is 0 Å². The fraction of sp³-hybridized carbons (Fsp3) is 0.0500. The van der Waals surface area contributed by atoms with Gasteiger partial charge in [-0.15, -0.1) is 0 Å². The van der Waals surface area contributed by atoms with E-state index in [0.29, 0.717) is 11.6 Å². The lowest BCUT2D eigenvalue weighted by Crippen LogP contribution is -2.10. The fourth-order valence-electron chi connectivity index (χ4n) is 2.98. The SMILES string of the molecule is Cc1cc(=O)[nH]c(NN=Cc2c3ccccc3cc3ccccc23)n1. The zero-order valence-corrected chi connectivity index (χ0v) is 13.7. The summed E-state index contributed by atoms with van der Waals surface area (Å²) < 4.78 is 0. The maximum absolute atomic E-state index is 11.5. The number of rotatable bonds is 3. The molecule has 3 aromatic carbocycles. The molecule has 2 N–H and O–H groups in total. The van der Waals surface area contributed by atoms with Gasteiger partial charge < -0.3 is 0 Å². The Morgan fingerprint density at radius 1 is 1.00 bits per heavy atom. The minimum atomic E-state index is -0.208. The van der Waals surface area contributed by atoms with Gasteiger partial charge in [0.15, 0.2) is 0 Å². The molecule has 0 spiro atoms. The number of aromatic amines is 1. The lowest BCUT2D eigenvalue weighted by molar-refractivity contribution is 1.04. The van der Waals surface area contributed by atoms with E-state index in [4.69, 9.17) is 0 Å². The molecule has 5 heteroatoms. The molecule has 4 rings (SSSR count). The van der Waals surface area contributed by atoms with E-state index in [-0.39, 0.29) is 5.56 Å². The maximum Gasteiger partial charge on any atom is 0.252 e. The number of hydrogen-bond acceptors (Lipinski definition) is 4. The first-order valence-corrected chi connectivity index (χ1v) is 7.98. The van der Waals surface area contributed by atoms with Gasteiger partial charge in [0.25, 0.3) is 5.56 Å². The molecule has 0 aliphatic carbocycles. The molecule has 0 unspecified atom stereocenters. The zero-order chi connectivity index (χ0) is 17.2. The van der Waals surface area contributed by atoms with Gasteiger partial charge in [0.05, 0.1) is 6.21 Å². The summed E-state index contributed by atoms with van der Waals surface area (Å²) in [6.45, 7) is 1.77. The second kappa shape index (κ2) is 6.20. The van der Waals surface area contributed by atoms with Gasteiger partial charge in [0, 0.05) is 17.3 Å². The molecule has 0 aliphatic rings. The second-order valence-corrected chi connectivity index (χ2v) is 5.84. The van der Waals surface area contributed by atoms with Crippen molar-refractivity contribution in [3.63, 3.8) is 0 Å². The molecule has 4 aromatic rings. The van der Waals surface area contributed by atoms with E-state index in [1.54, 1.807) is 13.1 Å². The third-order valence-electron chi connectivity index (χ3n) is 4.05. The summed E-state index contributed by atoms with van der Waals surface area (Å²) >= 11 is 0. The van der Waals surface area contributed by atoms with Crippen LogP contribution in [0.25, 0.3) is 21.5 Å². The van der Waals surface area contributed by atoms with Crippen LogP contribution in [0, 0.1) is 6.92 Å². The third kappa shape index (κ3) is 2.99. The Morgan fingerprint density at radius 3 is 2.28 bits per heavy atom. The van der Waals surface area contributed by atoms with Crippen LogP contribution < -0.4 is 11.0 Å². The number of anilines is 1. The number of hydrogen-bond donors (Lipinski definition) is 2. The summed E-state index contributed by atoms with van der Waals surface area (Å²) in [5.41, 5.74) is 4.26. The molecule has 25 heavy (non-hydrogen) atoms. The van der Waals surface area contributed by atoms with Crippen LogP contribution >= 0.6 is 0 Å². The smallest absolute Gasteiger partial charge is 0.252 e. The van der Waals surface area contributed by atoms with Crippen LogP contribution in [0.2, 0.25) is 0 Å². The molecule has 1 aromatic heterocycles. The highest BCUT2D eigenvalue weighted by molar-refractivity contribution is 6.13. The number of nitrogens with one attached hydrogen (secondary N) is 2. The van der Waals surface area contributed by atoms with Crippen molar-refractivity contribution in [1.29, 1.82) is 0 Å². The van der Waals surface area contributed by atoms with Crippen LogP contribution in [0.1, 0.15) is 11.3 Å². The molecule has 0 saturated carbocycles. The van der Waals surface area contributed by atoms with Gasteiger partial charge in [-0.1, -0.05) is 48.5 Å². The predicted octanol–water partition coefficient (Wildman–Crippen LogP) is 3.83. The number of nitrogens with zero attached hydrogens (tertiary/aromatic N) is 2. The Bertz CT molecular complexity index is 1110. The Hall–Kier alpha value is -3.47. The number of hydrazone groups is 1. The largest absolute Gasteiger partial charge is 0.291 e. The quantitative estimate of drug-likeness (QED) is 0.341. The van der Waals surface area contributed by atoms with Gasteiger partial charge >= 0.3 is 0 Å². The summed E-state index contributed by atoms with van der Waals surface area (Å²) in [7, 11) is 0. The van der Waals surface area contributed by atoms with E-state index in [0.717, 1.165) is 27.1 Å². The molecular formula is C20H16N4O. The molecule has 0 amide bonds. The lowest BCUT2D eigenvalue weighted by atomic mass is 9.97. The fourth-order valence-corrected chi connectivity index (χ4v) is 2.98. The van der Waals surface area contributed by atoms with Crippen molar-refractivity contribution in [2.45, 2.75) is 6.92 Å². The van der Waals surface area contributed by atoms with Crippen LogP contribution in [-0.4, -0.2) is 16.2 Å². The van der Waals surface area contributed by atoms with Crippen molar-refractivity contribution in [3.05, 3.63) is 82.3 Å². The van der Waals surface area contributed by atoms with E-state index in [2.05, 4.69) is 50.8 Å². The Balaban J connectivity index is 1.80. The number of H-pyrrole nitrogens is 1. The average molecular weight is 328 g/mol. The third-order valence-corrected chi connectivity index (χ3v) is 4.05. The Kier molecular flexibility index (Phi) is 3.74. The zero-order valence-electron chi connectivity index (χ0n) is 13.7. The van der Waals surface area contributed by atoms with Crippen LogP contribution in [0.15, 0.2) is 70.6 Å². The lowest BCUT2D eigenvalue weighted by Gasteiger charge is -2.08. The van der Waals surface area contributed by atoms with E-state index in [1.807, 2.05) is 24.3 Å². The summed E-state index contributed by atoms with van der Waals surface area (Å²) in [5.74, 6) is 0.325. The van der Waals surface area contributed by atoms with Gasteiger partial charge in [-0.2, -0.15) is 5.10 Å². The molecule has 5 nitrogen and oxygen atoms in total. The van der Waals surface area contributed by atoms with Crippen molar-refractivity contribution < 1.29 is 0 Å². The molecule has 122 valence electrons. The summed E-state index contributed by atoms with van der Waals surface area (Å²) in [6.07, 6.45) is 1.77. The first-order chi connectivity index (χ1) is 12.2.